The summed E-state index contributed by atoms with van der Waals surface area (Å²) in [7, 11) is 0. The van der Waals surface area contributed by atoms with Crippen LogP contribution in [0.25, 0.3) is 10.9 Å². The maximum atomic E-state index is 13.2. The predicted molar refractivity (Wildman–Crippen MR) is 87.3 cm³/mol. The minimum Gasteiger partial charge on any atom is -0.393 e. The maximum Gasteiger partial charge on any atom is 0.256 e. The molecular formula is C18H22N2O3. The number of hydrogen-bond acceptors (Lipinski definition) is 3. The Morgan fingerprint density at radius 1 is 1.30 bits per heavy atom. The lowest BCUT2D eigenvalue weighted by Crippen LogP contribution is -2.53. The molecule has 1 saturated carbocycles. The van der Waals surface area contributed by atoms with Gasteiger partial charge in [-0.2, -0.15) is 0 Å². The molecule has 2 heterocycles. The van der Waals surface area contributed by atoms with Gasteiger partial charge in [0.25, 0.3) is 5.91 Å². The molecule has 3 atom stereocenters. The minimum atomic E-state index is -0.321. The molecule has 1 amide bonds. The van der Waals surface area contributed by atoms with Gasteiger partial charge in [0, 0.05) is 24.0 Å². The van der Waals surface area contributed by atoms with Crippen LogP contribution >= 0.6 is 0 Å². The van der Waals surface area contributed by atoms with Gasteiger partial charge in [0.1, 0.15) is 0 Å². The number of fused-ring (bicyclic) bond motifs is 1. The second kappa shape index (κ2) is 5.98. The van der Waals surface area contributed by atoms with Gasteiger partial charge in [-0.1, -0.05) is 18.6 Å². The maximum absolute atomic E-state index is 13.2. The Balaban J connectivity index is 1.66. The van der Waals surface area contributed by atoms with Crippen molar-refractivity contribution < 1.29 is 14.6 Å². The Kier molecular flexibility index (Phi) is 3.83. The van der Waals surface area contributed by atoms with Gasteiger partial charge in [0.2, 0.25) is 0 Å². The van der Waals surface area contributed by atoms with Crippen LogP contribution in [-0.2, 0) is 4.74 Å². The Hall–Kier alpha value is -1.85. The van der Waals surface area contributed by atoms with E-state index in [0.717, 1.165) is 30.2 Å². The highest BCUT2D eigenvalue weighted by Crippen LogP contribution is 2.33. The van der Waals surface area contributed by atoms with E-state index < -0.39 is 0 Å². The predicted octanol–water partition coefficient (Wildman–Crippen LogP) is 2.17. The number of H-pyrrole nitrogens is 1. The summed E-state index contributed by atoms with van der Waals surface area (Å²) in [6.45, 7) is 1.67. The SMILES string of the molecule is O=C(c1cccc2cc[nH]c12)N1CCOC[C@@H]1[C@@H]1CCC[C@H]1O. The monoisotopic (exact) mass is 314 g/mol. The lowest BCUT2D eigenvalue weighted by atomic mass is 9.93. The number of aromatic nitrogens is 1. The number of carbonyl (C=O) groups is 1. The molecule has 2 aromatic rings. The van der Waals surface area contributed by atoms with Crippen LogP contribution in [0, 0.1) is 5.92 Å². The van der Waals surface area contributed by atoms with Gasteiger partial charge in [-0.3, -0.25) is 4.79 Å². The number of aliphatic hydroxyl groups is 1. The number of benzene rings is 1. The molecule has 1 saturated heterocycles. The molecule has 1 aliphatic heterocycles. The van der Waals surface area contributed by atoms with Crippen LogP contribution in [0.15, 0.2) is 30.5 Å². The normalized spacial score (nSPS) is 28.4. The first kappa shape index (κ1) is 14.7. The number of nitrogens with one attached hydrogen (secondary N) is 1. The number of rotatable bonds is 2. The largest absolute Gasteiger partial charge is 0.393 e. The first-order chi connectivity index (χ1) is 11.3. The molecule has 0 spiro atoms. The molecule has 0 unspecified atom stereocenters. The molecule has 0 radical (unpaired) electrons. The molecule has 23 heavy (non-hydrogen) atoms. The molecule has 2 aliphatic rings. The summed E-state index contributed by atoms with van der Waals surface area (Å²) in [6.07, 6.45) is 4.36. The molecule has 1 aliphatic carbocycles. The van der Waals surface area contributed by atoms with Crippen molar-refractivity contribution in [3.05, 3.63) is 36.0 Å². The number of ether oxygens (including phenoxy) is 1. The van der Waals surface area contributed by atoms with E-state index in [-0.39, 0.29) is 24.0 Å². The lowest BCUT2D eigenvalue weighted by Gasteiger charge is -2.40. The van der Waals surface area contributed by atoms with Crippen molar-refractivity contribution in [1.29, 1.82) is 0 Å². The third-order valence-electron chi connectivity index (χ3n) is 5.27. The van der Waals surface area contributed by atoms with Crippen molar-refractivity contribution in [2.75, 3.05) is 19.8 Å². The smallest absolute Gasteiger partial charge is 0.256 e. The third-order valence-corrected chi connectivity index (χ3v) is 5.27. The summed E-state index contributed by atoms with van der Waals surface area (Å²) >= 11 is 0. The zero-order chi connectivity index (χ0) is 15.8. The molecule has 2 fully saturated rings. The van der Waals surface area contributed by atoms with E-state index in [2.05, 4.69) is 4.98 Å². The van der Waals surface area contributed by atoms with Crippen molar-refractivity contribution in [2.24, 2.45) is 5.92 Å². The fraction of sp³-hybridized carbons (Fsp3) is 0.500. The molecule has 4 rings (SSSR count). The fourth-order valence-corrected chi connectivity index (χ4v) is 4.07. The first-order valence-electron chi connectivity index (χ1n) is 8.38. The van der Waals surface area contributed by atoms with Gasteiger partial charge >= 0.3 is 0 Å². The molecule has 1 aromatic heterocycles. The number of para-hydroxylation sites is 1. The van der Waals surface area contributed by atoms with Crippen molar-refractivity contribution in [2.45, 2.75) is 31.4 Å². The zero-order valence-electron chi connectivity index (χ0n) is 13.1. The van der Waals surface area contributed by atoms with E-state index in [1.165, 1.54) is 0 Å². The quantitative estimate of drug-likeness (QED) is 0.893. The van der Waals surface area contributed by atoms with E-state index in [1.54, 1.807) is 0 Å². The van der Waals surface area contributed by atoms with Gasteiger partial charge in [0.15, 0.2) is 0 Å². The minimum absolute atomic E-state index is 0.0287. The highest BCUT2D eigenvalue weighted by Gasteiger charge is 2.39. The van der Waals surface area contributed by atoms with Crippen LogP contribution in [0.3, 0.4) is 0 Å². The number of aliphatic hydroxyl groups excluding tert-OH is 1. The molecule has 1 aromatic carbocycles. The second-order valence-corrected chi connectivity index (χ2v) is 6.55. The van der Waals surface area contributed by atoms with E-state index >= 15 is 0 Å². The van der Waals surface area contributed by atoms with E-state index in [9.17, 15) is 9.90 Å². The third kappa shape index (κ3) is 2.54. The van der Waals surface area contributed by atoms with Gasteiger partial charge < -0.3 is 19.7 Å². The Morgan fingerprint density at radius 2 is 2.22 bits per heavy atom. The van der Waals surface area contributed by atoms with Crippen LogP contribution in [0.5, 0.6) is 0 Å². The summed E-state index contributed by atoms with van der Waals surface area (Å²) in [5, 5.41) is 11.3. The van der Waals surface area contributed by atoms with Gasteiger partial charge in [0.05, 0.1) is 36.4 Å². The molecule has 122 valence electrons. The molecule has 5 nitrogen and oxygen atoms in total. The number of morpholine rings is 1. The molecule has 2 N–H and O–H groups in total. The Morgan fingerprint density at radius 3 is 3.04 bits per heavy atom. The van der Waals surface area contributed by atoms with Gasteiger partial charge in [-0.05, 0) is 25.0 Å². The van der Waals surface area contributed by atoms with Crippen LogP contribution in [0.2, 0.25) is 0 Å². The van der Waals surface area contributed by atoms with Crippen molar-refractivity contribution >= 4 is 16.8 Å². The van der Waals surface area contributed by atoms with Crippen molar-refractivity contribution in [3.8, 4) is 0 Å². The van der Waals surface area contributed by atoms with Crippen molar-refractivity contribution in [3.63, 3.8) is 0 Å². The number of nitrogens with zero attached hydrogens (tertiary/aromatic N) is 1. The van der Waals surface area contributed by atoms with Crippen LogP contribution in [0.1, 0.15) is 29.6 Å². The van der Waals surface area contributed by atoms with Crippen LogP contribution < -0.4 is 0 Å². The van der Waals surface area contributed by atoms with Crippen LogP contribution in [-0.4, -0.2) is 52.8 Å². The summed E-state index contributed by atoms with van der Waals surface area (Å²) in [5.41, 5.74) is 1.58. The van der Waals surface area contributed by atoms with E-state index in [0.29, 0.717) is 25.3 Å². The second-order valence-electron chi connectivity index (χ2n) is 6.55. The fourth-order valence-electron chi connectivity index (χ4n) is 4.07. The lowest BCUT2D eigenvalue weighted by molar-refractivity contribution is -0.0382. The summed E-state index contributed by atoms with van der Waals surface area (Å²) in [5.74, 6) is 0.160. The molecular weight excluding hydrogens is 292 g/mol. The average molecular weight is 314 g/mol. The summed E-state index contributed by atoms with van der Waals surface area (Å²) in [4.78, 5) is 18.2. The van der Waals surface area contributed by atoms with Gasteiger partial charge in [-0.25, -0.2) is 0 Å². The summed E-state index contributed by atoms with van der Waals surface area (Å²) < 4.78 is 5.62. The van der Waals surface area contributed by atoms with E-state index in [1.807, 2.05) is 35.4 Å². The van der Waals surface area contributed by atoms with Crippen LogP contribution in [0.4, 0.5) is 0 Å². The molecule has 0 bridgehead atoms. The number of hydrogen-bond donors (Lipinski definition) is 2. The zero-order valence-corrected chi connectivity index (χ0v) is 13.1. The first-order valence-corrected chi connectivity index (χ1v) is 8.38. The Bertz CT molecular complexity index is 711. The van der Waals surface area contributed by atoms with E-state index in [4.69, 9.17) is 4.74 Å². The van der Waals surface area contributed by atoms with Gasteiger partial charge in [-0.15, -0.1) is 0 Å². The number of amides is 1. The highest BCUT2D eigenvalue weighted by atomic mass is 16.5. The number of aromatic amines is 1. The average Bonchev–Trinajstić information content (AvgIpc) is 3.22. The highest BCUT2D eigenvalue weighted by molar-refractivity contribution is 6.05. The molecule has 5 heteroatoms. The standard InChI is InChI=1S/C18H22N2O3/c21-16-6-2-4-13(16)15-11-23-10-9-20(15)18(22)14-5-1-3-12-7-8-19-17(12)14/h1,3,5,7-8,13,15-16,19,21H,2,4,6,9-11H2/t13-,15+,16+/m0/s1. The Labute approximate surface area is 135 Å². The van der Waals surface area contributed by atoms with Crippen molar-refractivity contribution in [1.82, 2.24) is 9.88 Å². The number of carbonyl (C=O) groups excluding carboxylic acids is 1. The topological polar surface area (TPSA) is 65.6 Å². The summed E-state index contributed by atoms with van der Waals surface area (Å²) in [6, 6.07) is 7.74.